The Bertz CT molecular complexity index is 3520. The van der Waals surface area contributed by atoms with Gasteiger partial charge < -0.3 is 0 Å². The van der Waals surface area contributed by atoms with Gasteiger partial charge in [-0.25, -0.2) is 0 Å². The van der Waals surface area contributed by atoms with Crippen LogP contribution in [0, 0.1) is 0 Å². The van der Waals surface area contributed by atoms with Crippen molar-refractivity contribution in [2.24, 2.45) is 0 Å². The smallest absolute Gasteiger partial charge is 0.00988 e. The summed E-state index contributed by atoms with van der Waals surface area (Å²) in [6.45, 7) is 0. The van der Waals surface area contributed by atoms with Crippen LogP contribution < -0.4 is 0 Å². The maximum absolute atomic E-state index is 2.43. The van der Waals surface area contributed by atoms with Gasteiger partial charge in [-0.05, 0) is 185 Å². The second-order valence-corrected chi connectivity index (χ2v) is 16.5. The van der Waals surface area contributed by atoms with E-state index in [0.29, 0.717) is 0 Å². The van der Waals surface area contributed by atoms with Crippen molar-refractivity contribution < 1.29 is 0 Å². The number of hydrogen-bond acceptors (Lipinski definition) is 0. The molecule has 0 amide bonds. The van der Waals surface area contributed by atoms with Crippen molar-refractivity contribution in [1.29, 1.82) is 0 Å². The first-order valence-electron chi connectivity index (χ1n) is 20.9. The Labute approximate surface area is 347 Å². The van der Waals surface area contributed by atoms with E-state index >= 15 is 0 Å². The first-order chi connectivity index (χ1) is 29.7. The monoisotopic (exact) mass is 756 g/mol. The zero-order valence-corrected chi connectivity index (χ0v) is 32.8. The lowest BCUT2D eigenvalue weighted by Gasteiger charge is -2.17. The van der Waals surface area contributed by atoms with Crippen molar-refractivity contribution in [2.75, 3.05) is 0 Å². The minimum absolute atomic E-state index is 1.21. The molecule has 0 aromatic heterocycles. The van der Waals surface area contributed by atoms with Crippen LogP contribution in [0.5, 0.6) is 0 Å². The normalized spacial score (nSPS) is 12.0. The topological polar surface area (TPSA) is 0 Å². The summed E-state index contributed by atoms with van der Waals surface area (Å²) in [5.74, 6) is 0. The first kappa shape index (κ1) is 33.2. The molecule has 276 valence electrons. The highest BCUT2D eigenvalue weighted by molar-refractivity contribution is 6.19. The molecule has 0 radical (unpaired) electrons. The van der Waals surface area contributed by atoms with Gasteiger partial charge >= 0.3 is 0 Å². The Kier molecular flexibility index (Phi) is 7.11. The SMILES string of the molecule is c1ccc2cc3c(ccc4c(-c5cc(-c6cccc7c6ccc6cc8ccccc8cc67)cc(-c6cccc7c6ccc6cc8ccccc8cc67)c5)cccc43)cc2c1. The van der Waals surface area contributed by atoms with Crippen LogP contribution in [0.4, 0.5) is 0 Å². The maximum Gasteiger partial charge on any atom is -0.00988 e. The predicted molar refractivity (Wildman–Crippen MR) is 260 cm³/mol. The molecule has 0 saturated carbocycles. The lowest BCUT2D eigenvalue weighted by molar-refractivity contribution is 1.61. The molecule has 0 aliphatic heterocycles. The van der Waals surface area contributed by atoms with Gasteiger partial charge in [0.05, 0.1) is 0 Å². The van der Waals surface area contributed by atoms with Crippen molar-refractivity contribution in [3.63, 3.8) is 0 Å². The highest BCUT2D eigenvalue weighted by atomic mass is 14.2. The summed E-state index contributed by atoms with van der Waals surface area (Å²) in [5, 5.41) is 22.8. The van der Waals surface area contributed by atoms with Gasteiger partial charge in [0.25, 0.3) is 0 Å². The number of hydrogen-bond donors (Lipinski definition) is 0. The van der Waals surface area contributed by atoms with Gasteiger partial charge in [0.15, 0.2) is 0 Å². The van der Waals surface area contributed by atoms with Crippen LogP contribution in [0.3, 0.4) is 0 Å². The molecule has 13 rings (SSSR count). The fraction of sp³-hybridized carbons (Fsp3) is 0. The van der Waals surface area contributed by atoms with E-state index in [4.69, 9.17) is 0 Å². The number of rotatable bonds is 3. The van der Waals surface area contributed by atoms with E-state index in [2.05, 4.69) is 218 Å². The minimum Gasteiger partial charge on any atom is -0.0616 e. The second-order valence-electron chi connectivity index (χ2n) is 16.5. The fourth-order valence-electron chi connectivity index (χ4n) is 10.2. The van der Waals surface area contributed by atoms with Gasteiger partial charge in [-0.15, -0.1) is 0 Å². The van der Waals surface area contributed by atoms with Crippen LogP contribution in [0.2, 0.25) is 0 Å². The van der Waals surface area contributed by atoms with E-state index in [9.17, 15) is 0 Å². The quantitative estimate of drug-likeness (QED) is 0.124. The lowest BCUT2D eigenvalue weighted by atomic mass is 9.87. The number of fused-ring (bicyclic) bond motifs is 12. The standard InChI is InChI=1S/C60H36/c1-4-13-40-34-58-43(28-37(40)10-1)22-25-55-49(16-7-19-52(55)58)46-31-47(50-17-8-20-53-56(50)26-23-44-29-38-11-2-5-14-41(38)35-59(44)53)33-48(32-46)51-18-9-21-54-57(51)27-24-45-30-39-12-3-6-15-42(39)36-60(45)54/h1-36H. The molecule has 0 unspecified atom stereocenters. The third-order valence-corrected chi connectivity index (χ3v) is 13.1. The van der Waals surface area contributed by atoms with Crippen molar-refractivity contribution in [3.8, 4) is 33.4 Å². The van der Waals surface area contributed by atoms with Crippen molar-refractivity contribution >= 4 is 97.0 Å². The molecule has 0 nitrogen and oxygen atoms in total. The molecule has 0 aliphatic carbocycles. The maximum atomic E-state index is 2.43. The molecule has 0 fully saturated rings. The molecule has 13 aromatic carbocycles. The van der Waals surface area contributed by atoms with Gasteiger partial charge in [-0.3, -0.25) is 0 Å². The van der Waals surface area contributed by atoms with Crippen LogP contribution in [0.15, 0.2) is 218 Å². The zero-order valence-electron chi connectivity index (χ0n) is 32.8. The largest absolute Gasteiger partial charge is 0.0616 e. The number of benzene rings is 13. The molecular formula is C60H36. The van der Waals surface area contributed by atoms with Crippen LogP contribution in [-0.4, -0.2) is 0 Å². The summed E-state index contributed by atoms with van der Waals surface area (Å²) < 4.78 is 0. The van der Waals surface area contributed by atoms with E-state index in [0.717, 1.165) is 0 Å². The molecule has 0 bridgehead atoms. The summed E-state index contributed by atoms with van der Waals surface area (Å²) in [6, 6.07) is 81.8. The zero-order chi connectivity index (χ0) is 39.3. The van der Waals surface area contributed by atoms with E-state index in [-0.39, 0.29) is 0 Å². The third kappa shape index (κ3) is 5.11. The van der Waals surface area contributed by atoms with E-state index in [1.54, 1.807) is 0 Å². The van der Waals surface area contributed by atoms with E-state index in [1.165, 1.54) is 130 Å². The van der Waals surface area contributed by atoms with Crippen LogP contribution >= 0.6 is 0 Å². The van der Waals surface area contributed by atoms with E-state index in [1.807, 2.05) is 0 Å². The Morgan fingerprint density at radius 2 is 0.433 bits per heavy atom. The highest BCUT2D eigenvalue weighted by Gasteiger charge is 2.16. The first-order valence-corrected chi connectivity index (χ1v) is 20.9. The molecule has 0 heteroatoms. The summed E-state index contributed by atoms with van der Waals surface area (Å²) in [4.78, 5) is 0. The third-order valence-electron chi connectivity index (χ3n) is 13.1. The minimum atomic E-state index is 1.21. The Morgan fingerprint density at radius 1 is 0.150 bits per heavy atom. The van der Waals surface area contributed by atoms with Gasteiger partial charge in [0.2, 0.25) is 0 Å². The van der Waals surface area contributed by atoms with Gasteiger partial charge in [0.1, 0.15) is 0 Å². The molecular weight excluding hydrogens is 721 g/mol. The average molecular weight is 757 g/mol. The molecule has 13 aromatic rings. The summed E-state index contributed by atoms with van der Waals surface area (Å²) in [5.41, 5.74) is 7.34. The highest BCUT2D eigenvalue weighted by Crippen LogP contribution is 2.43. The second kappa shape index (κ2) is 12.9. The Morgan fingerprint density at radius 3 is 0.733 bits per heavy atom. The predicted octanol–water partition coefficient (Wildman–Crippen LogP) is 17.1. The van der Waals surface area contributed by atoms with Crippen LogP contribution in [0.1, 0.15) is 0 Å². The molecule has 0 heterocycles. The molecule has 0 aliphatic rings. The molecule has 0 atom stereocenters. The van der Waals surface area contributed by atoms with Crippen molar-refractivity contribution in [1.82, 2.24) is 0 Å². The van der Waals surface area contributed by atoms with Crippen molar-refractivity contribution in [3.05, 3.63) is 218 Å². The molecule has 0 saturated heterocycles. The van der Waals surface area contributed by atoms with E-state index < -0.39 is 0 Å². The summed E-state index contributed by atoms with van der Waals surface area (Å²) >= 11 is 0. The van der Waals surface area contributed by atoms with Crippen LogP contribution in [-0.2, 0) is 0 Å². The average Bonchev–Trinajstić information content (AvgIpc) is 3.31. The van der Waals surface area contributed by atoms with Gasteiger partial charge in [0, 0.05) is 0 Å². The molecule has 60 heavy (non-hydrogen) atoms. The summed E-state index contributed by atoms with van der Waals surface area (Å²) in [7, 11) is 0. The molecule has 0 spiro atoms. The Hall–Kier alpha value is -7.80. The van der Waals surface area contributed by atoms with Gasteiger partial charge in [-0.1, -0.05) is 164 Å². The molecule has 0 N–H and O–H groups in total. The Balaban J connectivity index is 1.08. The lowest BCUT2D eigenvalue weighted by Crippen LogP contribution is -1.90. The van der Waals surface area contributed by atoms with Crippen LogP contribution in [0.25, 0.3) is 130 Å². The van der Waals surface area contributed by atoms with Gasteiger partial charge in [-0.2, -0.15) is 0 Å². The van der Waals surface area contributed by atoms with Crippen molar-refractivity contribution in [2.45, 2.75) is 0 Å². The fourth-order valence-corrected chi connectivity index (χ4v) is 10.2. The summed E-state index contributed by atoms with van der Waals surface area (Å²) in [6.07, 6.45) is 0.